The highest BCUT2D eigenvalue weighted by Crippen LogP contribution is 2.10. The van der Waals surface area contributed by atoms with Crippen LogP contribution in [0.3, 0.4) is 0 Å². The number of nitrogens with two attached hydrogens (primary N) is 2. The second kappa shape index (κ2) is 2.48. The van der Waals surface area contributed by atoms with Crippen LogP contribution in [0.2, 0.25) is 0 Å². The lowest BCUT2D eigenvalue weighted by atomic mass is 10.2. The minimum atomic E-state index is -0.273. The SMILES string of the molecule is Nc1ccc2c(=O)n(N)cnc2c1. The maximum atomic E-state index is 11.4. The Labute approximate surface area is 73.6 Å². The predicted molar refractivity (Wildman–Crippen MR) is 50.6 cm³/mol. The molecular formula is C8H8N4O. The standard InChI is InChI=1S/C8H8N4O/c9-5-1-2-6-7(3-5)11-4-12(10)8(6)13/h1-4H,9-10H2. The summed E-state index contributed by atoms with van der Waals surface area (Å²) >= 11 is 0. The summed E-state index contributed by atoms with van der Waals surface area (Å²) in [7, 11) is 0. The summed E-state index contributed by atoms with van der Waals surface area (Å²) in [5, 5.41) is 0.471. The van der Waals surface area contributed by atoms with Crippen molar-refractivity contribution in [1.29, 1.82) is 0 Å². The predicted octanol–water partition coefficient (Wildman–Crippen LogP) is -0.308. The van der Waals surface area contributed by atoms with Gasteiger partial charge in [0.15, 0.2) is 0 Å². The molecule has 0 aliphatic carbocycles. The number of benzene rings is 1. The van der Waals surface area contributed by atoms with Crippen LogP contribution in [0, 0.1) is 0 Å². The number of hydrogen-bond acceptors (Lipinski definition) is 4. The lowest BCUT2D eigenvalue weighted by Gasteiger charge is -2.00. The van der Waals surface area contributed by atoms with Crippen LogP contribution in [-0.4, -0.2) is 9.66 Å². The molecule has 0 bridgehead atoms. The van der Waals surface area contributed by atoms with Crippen LogP contribution >= 0.6 is 0 Å². The summed E-state index contributed by atoms with van der Waals surface area (Å²) < 4.78 is 0.943. The summed E-state index contributed by atoms with van der Waals surface area (Å²) in [5.41, 5.74) is 6.40. The summed E-state index contributed by atoms with van der Waals surface area (Å²) in [6.07, 6.45) is 1.27. The molecule has 0 saturated heterocycles. The lowest BCUT2D eigenvalue weighted by molar-refractivity contribution is 0.914. The van der Waals surface area contributed by atoms with Crippen LogP contribution in [0.25, 0.3) is 10.9 Å². The van der Waals surface area contributed by atoms with E-state index in [4.69, 9.17) is 11.6 Å². The van der Waals surface area contributed by atoms with E-state index in [1.165, 1.54) is 6.33 Å². The number of hydrogen-bond donors (Lipinski definition) is 2. The second-order valence-electron chi connectivity index (χ2n) is 2.73. The molecule has 2 rings (SSSR count). The first-order valence-corrected chi connectivity index (χ1v) is 3.70. The smallest absolute Gasteiger partial charge is 0.279 e. The molecule has 0 aliphatic heterocycles. The van der Waals surface area contributed by atoms with Gasteiger partial charge in [-0.15, -0.1) is 0 Å². The molecule has 0 radical (unpaired) electrons. The number of nitrogen functional groups attached to an aromatic ring is 2. The Morgan fingerprint density at radius 2 is 2.15 bits per heavy atom. The van der Waals surface area contributed by atoms with Gasteiger partial charge in [0.2, 0.25) is 0 Å². The van der Waals surface area contributed by atoms with Crippen molar-refractivity contribution in [3.05, 3.63) is 34.9 Å². The van der Waals surface area contributed by atoms with Gasteiger partial charge < -0.3 is 11.6 Å². The zero-order valence-electron chi connectivity index (χ0n) is 6.77. The molecule has 1 aromatic carbocycles. The fraction of sp³-hybridized carbons (Fsp3) is 0. The second-order valence-corrected chi connectivity index (χ2v) is 2.73. The molecule has 66 valence electrons. The van der Waals surface area contributed by atoms with Crippen LogP contribution in [0.5, 0.6) is 0 Å². The zero-order valence-corrected chi connectivity index (χ0v) is 6.77. The number of nitrogens with zero attached hydrogens (tertiary/aromatic N) is 2. The Balaban J connectivity index is 2.95. The van der Waals surface area contributed by atoms with Crippen molar-refractivity contribution < 1.29 is 0 Å². The Morgan fingerprint density at radius 3 is 2.92 bits per heavy atom. The van der Waals surface area contributed by atoms with E-state index >= 15 is 0 Å². The Bertz CT molecular complexity index is 517. The summed E-state index contributed by atoms with van der Waals surface area (Å²) in [4.78, 5) is 15.4. The highest BCUT2D eigenvalue weighted by molar-refractivity contribution is 5.80. The first-order valence-electron chi connectivity index (χ1n) is 3.70. The van der Waals surface area contributed by atoms with Gasteiger partial charge in [-0.05, 0) is 18.2 Å². The van der Waals surface area contributed by atoms with Gasteiger partial charge >= 0.3 is 0 Å². The van der Waals surface area contributed by atoms with Crippen LogP contribution in [-0.2, 0) is 0 Å². The van der Waals surface area contributed by atoms with Gasteiger partial charge in [-0.3, -0.25) is 4.79 Å². The average Bonchev–Trinajstić information content (AvgIpc) is 2.12. The number of anilines is 1. The molecule has 0 saturated carbocycles. The fourth-order valence-electron chi connectivity index (χ4n) is 1.15. The van der Waals surface area contributed by atoms with Crippen molar-refractivity contribution in [2.24, 2.45) is 0 Å². The van der Waals surface area contributed by atoms with Gasteiger partial charge in [-0.25, -0.2) is 9.66 Å². The monoisotopic (exact) mass is 176 g/mol. The Morgan fingerprint density at radius 1 is 1.38 bits per heavy atom. The summed E-state index contributed by atoms with van der Waals surface area (Å²) in [6, 6.07) is 4.89. The van der Waals surface area contributed by atoms with E-state index in [0.29, 0.717) is 16.6 Å². The van der Waals surface area contributed by atoms with E-state index in [9.17, 15) is 4.79 Å². The quantitative estimate of drug-likeness (QED) is 0.426. The van der Waals surface area contributed by atoms with Gasteiger partial charge in [-0.2, -0.15) is 0 Å². The maximum absolute atomic E-state index is 11.4. The van der Waals surface area contributed by atoms with Crippen molar-refractivity contribution in [3.8, 4) is 0 Å². The van der Waals surface area contributed by atoms with Crippen LogP contribution < -0.4 is 17.1 Å². The minimum Gasteiger partial charge on any atom is -0.399 e. The van der Waals surface area contributed by atoms with E-state index in [0.717, 1.165) is 4.68 Å². The van der Waals surface area contributed by atoms with Gasteiger partial charge in [0.25, 0.3) is 5.56 Å². The van der Waals surface area contributed by atoms with Crippen molar-refractivity contribution in [2.75, 3.05) is 11.6 Å². The van der Waals surface area contributed by atoms with Crippen molar-refractivity contribution >= 4 is 16.6 Å². The van der Waals surface area contributed by atoms with Crippen LogP contribution in [0.4, 0.5) is 5.69 Å². The highest BCUT2D eigenvalue weighted by Gasteiger charge is 2.00. The van der Waals surface area contributed by atoms with Gasteiger partial charge in [0.1, 0.15) is 6.33 Å². The van der Waals surface area contributed by atoms with E-state index in [2.05, 4.69) is 4.98 Å². The van der Waals surface area contributed by atoms with Gasteiger partial charge in [0.05, 0.1) is 10.9 Å². The molecule has 1 aromatic heterocycles. The molecule has 0 unspecified atom stereocenters. The first kappa shape index (κ1) is 7.60. The summed E-state index contributed by atoms with van der Waals surface area (Å²) in [5.74, 6) is 5.33. The molecule has 5 nitrogen and oxygen atoms in total. The third kappa shape index (κ3) is 1.10. The zero-order chi connectivity index (χ0) is 9.42. The topological polar surface area (TPSA) is 86.9 Å². The van der Waals surface area contributed by atoms with Crippen molar-refractivity contribution in [1.82, 2.24) is 9.66 Å². The average molecular weight is 176 g/mol. The molecule has 0 spiro atoms. The largest absolute Gasteiger partial charge is 0.399 e. The number of rotatable bonds is 0. The molecular weight excluding hydrogens is 168 g/mol. The molecule has 13 heavy (non-hydrogen) atoms. The van der Waals surface area contributed by atoms with E-state index in [-0.39, 0.29) is 5.56 Å². The Kier molecular flexibility index (Phi) is 1.45. The van der Waals surface area contributed by atoms with E-state index < -0.39 is 0 Å². The summed E-state index contributed by atoms with van der Waals surface area (Å²) in [6.45, 7) is 0. The van der Waals surface area contributed by atoms with Crippen molar-refractivity contribution in [2.45, 2.75) is 0 Å². The van der Waals surface area contributed by atoms with Crippen LogP contribution in [0.15, 0.2) is 29.3 Å². The molecule has 2 aromatic rings. The maximum Gasteiger partial charge on any atom is 0.279 e. The highest BCUT2D eigenvalue weighted by atomic mass is 16.1. The number of fused-ring (bicyclic) bond motifs is 1. The lowest BCUT2D eigenvalue weighted by Crippen LogP contribution is -2.27. The minimum absolute atomic E-state index is 0.273. The third-order valence-electron chi connectivity index (χ3n) is 1.81. The molecule has 1 heterocycles. The molecule has 0 atom stereocenters. The van der Waals surface area contributed by atoms with Gasteiger partial charge in [-0.1, -0.05) is 0 Å². The third-order valence-corrected chi connectivity index (χ3v) is 1.81. The van der Waals surface area contributed by atoms with Crippen LogP contribution in [0.1, 0.15) is 0 Å². The normalized spacial score (nSPS) is 10.5. The van der Waals surface area contributed by atoms with Gasteiger partial charge in [0, 0.05) is 5.69 Å². The molecule has 0 fully saturated rings. The Hall–Kier alpha value is -2.04. The molecule has 5 heteroatoms. The van der Waals surface area contributed by atoms with Crippen molar-refractivity contribution in [3.63, 3.8) is 0 Å². The molecule has 0 aliphatic rings. The fourth-order valence-corrected chi connectivity index (χ4v) is 1.15. The molecule has 4 N–H and O–H groups in total. The number of aromatic nitrogens is 2. The van der Waals surface area contributed by atoms with E-state index in [1.54, 1.807) is 18.2 Å². The molecule has 0 amide bonds. The first-order chi connectivity index (χ1) is 6.18. The van der Waals surface area contributed by atoms with E-state index in [1.807, 2.05) is 0 Å².